The summed E-state index contributed by atoms with van der Waals surface area (Å²) in [4.78, 5) is 4.64. The minimum Gasteiger partial charge on any atom is -0.385 e. The Morgan fingerprint density at radius 3 is 2.43 bits per heavy atom. The molecular formula is C18H20N2O. The van der Waals surface area contributed by atoms with E-state index >= 15 is 0 Å². The Hall–Kier alpha value is -2.13. The molecule has 3 rings (SSSR count). The summed E-state index contributed by atoms with van der Waals surface area (Å²) in [5.41, 5.74) is 3.21. The van der Waals surface area contributed by atoms with Gasteiger partial charge in [0.25, 0.3) is 0 Å². The predicted octanol–water partition coefficient (Wildman–Crippen LogP) is 4.09. The molecule has 3 heteroatoms. The fourth-order valence-corrected chi connectivity index (χ4v) is 2.77. The lowest BCUT2D eigenvalue weighted by atomic mass is 10.1. The van der Waals surface area contributed by atoms with Gasteiger partial charge in [0.15, 0.2) is 0 Å². The molecule has 0 spiro atoms. The number of para-hydroxylation sites is 2. The Labute approximate surface area is 124 Å². The van der Waals surface area contributed by atoms with Crippen LogP contribution in [-0.2, 0) is 0 Å². The van der Waals surface area contributed by atoms with Gasteiger partial charge in [-0.3, -0.25) is 0 Å². The van der Waals surface area contributed by atoms with Crippen molar-refractivity contribution in [3.8, 4) is 0 Å². The molecule has 2 atom stereocenters. The molecule has 0 unspecified atom stereocenters. The molecule has 0 fully saturated rings. The van der Waals surface area contributed by atoms with Gasteiger partial charge in [-0.2, -0.15) is 0 Å². The number of aliphatic hydroxyl groups excluding tert-OH is 1. The van der Waals surface area contributed by atoms with Gasteiger partial charge < -0.3 is 9.67 Å². The largest absolute Gasteiger partial charge is 0.385 e. The monoisotopic (exact) mass is 280 g/mol. The summed E-state index contributed by atoms with van der Waals surface area (Å²) in [6, 6.07) is 18.5. The Morgan fingerprint density at radius 1 is 1.05 bits per heavy atom. The van der Waals surface area contributed by atoms with Crippen LogP contribution in [0.1, 0.15) is 43.8 Å². The van der Waals surface area contributed by atoms with Crippen molar-refractivity contribution in [2.75, 3.05) is 0 Å². The van der Waals surface area contributed by atoms with Gasteiger partial charge in [0, 0.05) is 0 Å². The molecule has 108 valence electrons. The minimum absolute atomic E-state index is 0.134. The minimum atomic E-state index is -0.538. The molecule has 1 heterocycles. The van der Waals surface area contributed by atoms with Crippen LogP contribution in [-0.4, -0.2) is 14.7 Å². The number of rotatable bonds is 4. The zero-order valence-corrected chi connectivity index (χ0v) is 12.4. The Balaban J connectivity index is 2.19. The van der Waals surface area contributed by atoms with Crippen molar-refractivity contribution in [3.63, 3.8) is 0 Å². The highest BCUT2D eigenvalue weighted by Gasteiger charge is 2.21. The van der Waals surface area contributed by atoms with Gasteiger partial charge in [-0.1, -0.05) is 49.4 Å². The van der Waals surface area contributed by atoms with E-state index < -0.39 is 6.10 Å². The van der Waals surface area contributed by atoms with Gasteiger partial charge in [-0.25, -0.2) is 4.98 Å². The lowest BCUT2D eigenvalue weighted by molar-refractivity contribution is 0.158. The maximum absolute atomic E-state index is 10.3. The SMILES string of the molecule is CC[C@@H](O)c1nc2ccccc2n1[C@@H](C)c1ccccc1. The molecule has 1 N–H and O–H groups in total. The molecule has 0 radical (unpaired) electrons. The lowest BCUT2D eigenvalue weighted by Gasteiger charge is -2.20. The quantitative estimate of drug-likeness (QED) is 0.781. The summed E-state index contributed by atoms with van der Waals surface area (Å²) in [5.74, 6) is 0.745. The zero-order valence-electron chi connectivity index (χ0n) is 12.4. The fraction of sp³-hybridized carbons (Fsp3) is 0.278. The standard InChI is InChI=1S/C18H20N2O/c1-3-17(21)18-19-15-11-7-8-12-16(15)20(18)13(2)14-9-5-4-6-10-14/h4-13,17,21H,3H2,1-2H3/t13-,17+/m0/s1. The van der Waals surface area contributed by atoms with E-state index in [4.69, 9.17) is 0 Å². The Morgan fingerprint density at radius 2 is 1.71 bits per heavy atom. The van der Waals surface area contributed by atoms with E-state index in [0.29, 0.717) is 6.42 Å². The fourth-order valence-electron chi connectivity index (χ4n) is 2.77. The smallest absolute Gasteiger partial charge is 0.139 e. The molecule has 0 aliphatic carbocycles. The van der Waals surface area contributed by atoms with E-state index in [1.165, 1.54) is 5.56 Å². The van der Waals surface area contributed by atoms with Crippen LogP contribution >= 0.6 is 0 Å². The van der Waals surface area contributed by atoms with E-state index in [1.54, 1.807) is 0 Å². The van der Waals surface area contributed by atoms with Crippen molar-refractivity contribution >= 4 is 11.0 Å². The number of aromatic nitrogens is 2. The molecule has 21 heavy (non-hydrogen) atoms. The van der Waals surface area contributed by atoms with Crippen molar-refractivity contribution in [3.05, 3.63) is 66.0 Å². The highest BCUT2D eigenvalue weighted by Crippen LogP contribution is 2.29. The van der Waals surface area contributed by atoms with Gasteiger partial charge in [0.05, 0.1) is 17.1 Å². The van der Waals surface area contributed by atoms with E-state index in [2.05, 4.69) is 34.7 Å². The first-order valence-electron chi connectivity index (χ1n) is 7.42. The average molecular weight is 280 g/mol. The second-order valence-electron chi connectivity index (χ2n) is 5.34. The second-order valence-corrected chi connectivity index (χ2v) is 5.34. The predicted molar refractivity (Wildman–Crippen MR) is 85.2 cm³/mol. The second kappa shape index (κ2) is 5.70. The van der Waals surface area contributed by atoms with Crippen molar-refractivity contribution < 1.29 is 5.11 Å². The third-order valence-electron chi connectivity index (χ3n) is 3.98. The first kappa shape index (κ1) is 13.8. The maximum atomic E-state index is 10.3. The molecule has 0 amide bonds. The Kier molecular flexibility index (Phi) is 3.76. The van der Waals surface area contributed by atoms with Crippen LogP contribution in [0.25, 0.3) is 11.0 Å². The van der Waals surface area contributed by atoms with E-state index in [0.717, 1.165) is 16.9 Å². The van der Waals surface area contributed by atoms with Crippen LogP contribution in [0, 0.1) is 0 Å². The summed E-state index contributed by atoms with van der Waals surface area (Å²) < 4.78 is 2.15. The summed E-state index contributed by atoms with van der Waals surface area (Å²) >= 11 is 0. The van der Waals surface area contributed by atoms with Crippen LogP contribution in [0.2, 0.25) is 0 Å². The first-order chi connectivity index (χ1) is 10.2. The molecule has 3 nitrogen and oxygen atoms in total. The average Bonchev–Trinajstić information content (AvgIpc) is 2.93. The van der Waals surface area contributed by atoms with E-state index in [1.807, 2.05) is 43.3 Å². The number of benzene rings is 2. The third-order valence-corrected chi connectivity index (χ3v) is 3.98. The molecule has 0 aliphatic heterocycles. The summed E-state index contributed by atoms with van der Waals surface area (Å²) in [7, 11) is 0. The van der Waals surface area contributed by atoms with Gasteiger partial charge in [0.2, 0.25) is 0 Å². The highest BCUT2D eigenvalue weighted by atomic mass is 16.3. The number of nitrogens with zero attached hydrogens (tertiary/aromatic N) is 2. The molecular weight excluding hydrogens is 260 g/mol. The number of imidazole rings is 1. The van der Waals surface area contributed by atoms with E-state index in [9.17, 15) is 5.11 Å². The van der Waals surface area contributed by atoms with Crippen LogP contribution in [0.4, 0.5) is 0 Å². The summed E-state index contributed by atoms with van der Waals surface area (Å²) in [6.07, 6.45) is 0.119. The van der Waals surface area contributed by atoms with Crippen LogP contribution in [0.3, 0.4) is 0 Å². The molecule has 3 aromatic rings. The topological polar surface area (TPSA) is 38.1 Å². The van der Waals surface area contributed by atoms with Crippen LogP contribution < -0.4 is 0 Å². The van der Waals surface area contributed by atoms with Crippen molar-refractivity contribution in [1.82, 2.24) is 9.55 Å². The first-order valence-corrected chi connectivity index (χ1v) is 7.42. The molecule has 1 aromatic heterocycles. The Bertz CT molecular complexity index is 733. The summed E-state index contributed by atoms with van der Waals surface area (Å²) in [5, 5.41) is 10.3. The van der Waals surface area contributed by atoms with Gasteiger partial charge in [-0.05, 0) is 31.0 Å². The highest BCUT2D eigenvalue weighted by molar-refractivity contribution is 5.76. The number of aliphatic hydroxyl groups is 1. The molecule has 0 aliphatic rings. The molecule has 0 bridgehead atoms. The van der Waals surface area contributed by atoms with Gasteiger partial charge in [0.1, 0.15) is 11.9 Å². The normalized spacial score (nSPS) is 14.2. The summed E-state index contributed by atoms with van der Waals surface area (Å²) in [6.45, 7) is 4.12. The number of hydrogen-bond donors (Lipinski definition) is 1. The van der Waals surface area contributed by atoms with Crippen molar-refractivity contribution in [2.24, 2.45) is 0 Å². The lowest BCUT2D eigenvalue weighted by Crippen LogP contribution is -2.13. The number of hydrogen-bond acceptors (Lipinski definition) is 2. The number of fused-ring (bicyclic) bond motifs is 1. The van der Waals surface area contributed by atoms with Crippen LogP contribution in [0.5, 0.6) is 0 Å². The molecule has 2 aromatic carbocycles. The van der Waals surface area contributed by atoms with Crippen molar-refractivity contribution in [1.29, 1.82) is 0 Å². The zero-order chi connectivity index (χ0) is 14.8. The van der Waals surface area contributed by atoms with Crippen molar-refractivity contribution in [2.45, 2.75) is 32.4 Å². The molecule has 0 saturated heterocycles. The van der Waals surface area contributed by atoms with E-state index in [-0.39, 0.29) is 6.04 Å². The van der Waals surface area contributed by atoms with Crippen LogP contribution in [0.15, 0.2) is 54.6 Å². The van der Waals surface area contributed by atoms with Gasteiger partial charge >= 0.3 is 0 Å². The molecule has 0 saturated carbocycles. The van der Waals surface area contributed by atoms with Gasteiger partial charge in [-0.15, -0.1) is 0 Å². The third kappa shape index (κ3) is 2.45. The maximum Gasteiger partial charge on any atom is 0.139 e.